The number of aliphatic hydroxyl groups is 2. The zero-order chi connectivity index (χ0) is 22.6. The maximum atomic E-state index is 11.8. The Morgan fingerprint density at radius 2 is 1.91 bits per heavy atom. The van der Waals surface area contributed by atoms with Crippen LogP contribution in [0.5, 0.6) is 5.75 Å². The number of rotatable bonds is 9. The van der Waals surface area contributed by atoms with Crippen molar-refractivity contribution in [2.45, 2.75) is 62.9 Å². The Balaban J connectivity index is 1.50. The van der Waals surface area contributed by atoms with E-state index in [4.69, 9.17) is 9.47 Å². The minimum Gasteiger partial charge on any atom is -0.468 e. The molecular formula is C27H36O4S. The van der Waals surface area contributed by atoms with Crippen LogP contribution >= 0.6 is 11.8 Å². The average Bonchev–Trinajstić information content (AvgIpc) is 3.10. The van der Waals surface area contributed by atoms with Crippen molar-refractivity contribution in [2.75, 3.05) is 19.7 Å². The van der Waals surface area contributed by atoms with E-state index >= 15 is 0 Å². The van der Waals surface area contributed by atoms with Crippen molar-refractivity contribution in [3.8, 4) is 5.75 Å². The summed E-state index contributed by atoms with van der Waals surface area (Å²) in [4.78, 5) is 0. The maximum absolute atomic E-state index is 11.8. The molecule has 0 saturated heterocycles. The van der Waals surface area contributed by atoms with Crippen LogP contribution in [0.1, 0.15) is 55.7 Å². The normalized spacial score (nSPS) is 29.6. The first-order chi connectivity index (χ1) is 15.4. The molecular weight excluding hydrogens is 420 g/mol. The number of hydrogen-bond acceptors (Lipinski definition) is 5. The van der Waals surface area contributed by atoms with Gasteiger partial charge in [0.2, 0.25) is 0 Å². The Hall–Kier alpha value is -1.53. The van der Waals surface area contributed by atoms with Gasteiger partial charge in [0, 0.05) is 12.9 Å². The quantitative estimate of drug-likeness (QED) is 0.396. The third-order valence-electron chi connectivity index (χ3n) is 7.69. The Morgan fingerprint density at radius 1 is 1.09 bits per heavy atom. The molecule has 174 valence electrons. The number of ether oxygens (including phenoxy) is 2. The molecule has 2 aromatic rings. The van der Waals surface area contributed by atoms with Crippen LogP contribution < -0.4 is 4.74 Å². The number of fused-ring (bicyclic) bond motifs is 1. The topological polar surface area (TPSA) is 58.9 Å². The number of methoxy groups -OCH3 is 1. The van der Waals surface area contributed by atoms with Crippen molar-refractivity contribution < 1.29 is 19.7 Å². The van der Waals surface area contributed by atoms with Crippen molar-refractivity contribution in [1.82, 2.24) is 0 Å². The molecule has 32 heavy (non-hydrogen) atoms. The van der Waals surface area contributed by atoms with Crippen LogP contribution in [0.4, 0.5) is 0 Å². The molecule has 5 heteroatoms. The molecule has 0 spiro atoms. The van der Waals surface area contributed by atoms with Crippen LogP contribution in [0, 0.1) is 11.3 Å². The summed E-state index contributed by atoms with van der Waals surface area (Å²) in [5, 5.41) is 22.3. The van der Waals surface area contributed by atoms with E-state index in [1.54, 1.807) is 7.11 Å². The second kappa shape index (κ2) is 10.2. The number of aliphatic hydroxyl groups excluding tert-OH is 1. The van der Waals surface area contributed by atoms with Crippen LogP contribution in [0.2, 0.25) is 0 Å². The fourth-order valence-electron chi connectivity index (χ4n) is 5.62. The van der Waals surface area contributed by atoms with Crippen LogP contribution in [0.15, 0.2) is 48.5 Å². The predicted octanol–water partition coefficient (Wildman–Crippen LogP) is 5.29. The van der Waals surface area contributed by atoms with E-state index in [0.29, 0.717) is 12.3 Å². The molecule has 0 aromatic heterocycles. The first-order valence-corrected chi connectivity index (χ1v) is 12.9. The lowest BCUT2D eigenvalue weighted by Gasteiger charge is -2.46. The number of benzene rings is 2. The third kappa shape index (κ3) is 5.01. The molecule has 2 unspecified atom stereocenters. The first kappa shape index (κ1) is 23.6. The Labute approximate surface area is 196 Å². The van der Waals surface area contributed by atoms with Gasteiger partial charge < -0.3 is 19.7 Å². The largest absolute Gasteiger partial charge is 0.468 e. The summed E-state index contributed by atoms with van der Waals surface area (Å²) >= 11 is 1.91. The van der Waals surface area contributed by atoms with Crippen LogP contribution in [-0.2, 0) is 22.5 Å². The number of hydrogen-bond donors (Lipinski definition) is 2. The van der Waals surface area contributed by atoms with Crippen molar-refractivity contribution >= 4 is 11.8 Å². The van der Waals surface area contributed by atoms with E-state index in [1.165, 1.54) is 5.56 Å². The van der Waals surface area contributed by atoms with Gasteiger partial charge in [0.25, 0.3) is 0 Å². The molecule has 2 aliphatic carbocycles. The van der Waals surface area contributed by atoms with Crippen molar-refractivity contribution in [3.63, 3.8) is 0 Å². The molecule has 0 heterocycles. The Bertz CT molecular complexity index is 888. The Morgan fingerprint density at radius 3 is 2.69 bits per heavy atom. The summed E-state index contributed by atoms with van der Waals surface area (Å²) < 4.78 is 10.8. The summed E-state index contributed by atoms with van der Waals surface area (Å²) in [5.41, 5.74) is 2.63. The number of aryl methyl sites for hydroxylation is 1. The zero-order valence-electron chi connectivity index (χ0n) is 19.3. The van der Waals surface area contributed by atoms with Crippen molar-refractivity contribution in [3.05, 3.63) is 65.2 Å². The second-order valence-electron chi connectivity index (χ2n) is 9.69. The van der Waals surface area contributed by atoms with E-state index in [9.17, 15) is 10.2 Å². The van der Waals surface area contributed by atoms with Gasteiger partial charge in [-0.2, -0.15) is 11.8 Å². The van der Waals surface area contributed by atoms with E-state index < -0.39 is 5.60 Å². The smallest absolute Gasteiger partial charge is 0.188 e. The van der Waals surface area contributed by atoms with Gasteiger partial charge in [-0.3, -0.25) is 0 Å². The lowest BCUT2D eigenvalue weighted by atomic mass is 9.61. The minimum atomic E-state index is -0.840. The summed E-state index contributed by atoms with van der Waals surface area (Å²) in [5.74, 6) is 3.10. The monoisotopic (exact) mass is 456 g/mol. The van der Waals surface area contributed by atoms with Gasteiger partial charge in [-0.05, 0) is 84.4 Å². The maximum Gasteiger partial charge on any atom is 0.188 e. The first-order valence-electron chi connectivity index (χ1n) is 11.7. The van der Waals surface area contributed by atoms with Crippen LogP contribution in [0.3, 0.4) is 0 Å². The van der Waals surface area contributed by atoms with Crippen molar-refractivity contribution in [1.29, 1.82) is 0 Å². The van der Waals surface area contributed by atoms with Gasteiger partial charge in [-0.15, -0.1) is 0 Å². The third-order valence-corrected chi connectivity index (χ3v) is 8.72. The molecule has 0 radical (unpaired) electrons. The van der Waals surface area contributed by atoms with E-state index in [0.717, 1.165) is 60.5 Å². The number of thioether (sulfide) groups is 1. The highest BCUT2D eigenvalue weighted by Crippen LogP contribution is 2.57. The van der Waals surface area contributed by atoms with Gasteiger partial charge >= 0.3 is 0 Å². The van der Waals surface area contributed by atoms with Gasteiger partial charge in [0.15, 0.2) is 6.79 Å². The van der Waals surface area contributed by atoms with Gasteiger partial charge in [-0.1, -0.05) is 43.3 Å². The highest BCUT2D eigenvalue weighted by atomic mass is 32.2. The van der Waals surface area contributed by atoms with E-state index in [-0.39, 0.29) is 18.3 Å². The average molecular weight is 457 g/mol. The van der Waals surface area contributed by atoms with Crippen molar-refractivity contribution in [2.24, 2.45) is 11.3 Å². The minimum absolute atomic E-state index is 0.0561. The highest BCUT2D eigenvalue weighted by Gasteiger charge is 2.53. The predicted molar refractivity (Wildman–Crippen MR) is 130 cm³/mol. The summed E-state index contributed by atoms with van der Waals surface area (Å²) in [6.07, 6.45) is 4.77. The fraction of sp³-hybridized carbons (Fsp3) is 0.556. The molecule has 4 rings (SSSR count). The molecule has 4 atom stereocenters. The van der Waals surface area contributed by atoms with Gasteiger partial charge in [0.1, 0.15) is 5.75 Å². The summed E-state index contributed by atoms with van der Waals surface area (Å²) in [6.45, 7) is 2.42. The lowest BCUT2D eigenvalue weighted by Crippen LogP contribution is -2.44. The highest BCUT2D eigenvalue weighted by molar-refractivity contribution is 7.98. The summed E-state index contributed by atoms with van der Waals surface area (Å²) in [7, 11) is 1.62. The van der Waals surface area contributed by atoms with Crippen LogP contribution in [-0.4, -0.2) is 36.0 Å². The van der Waals surface area contributed by atoms with Crippen LogP contribution in [0.25, 0.3) is 0 Å². The van der Waals surface area contributed by atoms with E-state index in [2.05, 4.69) is 43.3 Å². The Kier molecular flexibility index (Phi) is 7.51. The SMILES string of the molecule is COCOc1ccc(C2(O)CC[C@@]3(C)C(CC[C@@H]3O)C2)c(CCSCc2ccccc2)c1. The molecule has 2 aromatic carbocycles. The molecule has 0 amide bonds. The molecule has 2 aliphatic rings. The fourth-order valence-corrected chi connectivity index (χ4v) is 6.56. The molecule has 4 nitrogen and oxygen atoms in total. The molecule has 2 saturated carbocycles. The molecule has 0 aliphatic heterocycles. The summed E-state index contributed by atoms with van der Waals surface area (Å²) in [6, 6.07) is 16.6. The van der Waals surface area contributed by atoms with Gasteiger partial charge in [-0.25, -0.2) is 0 Å². The molecule has 0 bridgehead atoms. The van der Waals surface area contributed by atoms with E-state index in [1.807, 2.05) is 23.9 Å². The standard InChI is InChI=1S/C27H36O4S/c1-26-13-14-27(29,17-22(26)8-11-25(26)28)24-10-9-23(31-19-30-2)16-21(24)12-15-32-18-20-6-4-3-5-7-20/h3-7,9-10,16,22,25,28-29H,8,11-15,17-19H2,1-2H3/t22?,25-,26-,27?/m0/s1. The molecule has 2 N–H and O–H groups in total. The van der Waals surface area contributed by atoms with Gasteiger partial charge in [0.05, 0.1) is 11.7 Å². The zero-order valence-corrected chi connectivity index (χ0v) is 20.1. The lowest BCUT2D eigenvalue weighted by molar-refractivity contribution is -0.0858. The second-order valence-corrected chi connectivity index (χ2v) is 10.8. The molecule has 2 fully saturated rings.